The van der Waals surface area contributed by atoms with Crippen molar-refractivity contribution in [2.75, 3.05) is 0 Å². The van der Waals surface area contributed by atoms with Crippen LogP contribution in [0.4, 0.5) is 0 Å². The summed E-state index contributed by atoms with van der Waals surface area (Å²) < 4.78 is -0.969. The molecule has 0 saturated carbocycles. The van der Waals surface area contributed by atoms with Crippen LogP contribution >= 0.6 is 0 Å². The molecule has 6 rings (SSSR count). The molecule has 49 heavy (non-hydrogen) atoms. The van der Waals surface area contributed by atoms with Crippen molar-refractivity contribution in [1.29, 1.82) is 0 Å². The Morgan fingerprint density at radius 2 is 0.367 bits per heavy atom. The molecular formula is C48H51Cr. The summed E-state index contributed by atoms with van der Waals surface area (Å²) in [4.78, 5) is 0. The molecule has 0 N–H and O–H groups in total. The second-order valence-electron chi connectivity index (χ2n) is 14.6. The topological polar surface area (TPSA) is 0 Å². The fourth-order valence-corrected chi connectivity index (χ4v) is 15.0. The Labute approximate surface area is 300 Å². The minimum atomic E-state index is -2.14. The van der Waals surface area contributed by atoms with Gasteiger partial charge in [-0.25, -0.2) is 0 Å². The van der Waals surface area contributed by atoms with Gasteiger partial charge in [-0.1, -0.05) is 0 Å². The first-order chi connectivity index (χ1) is 23.4. The van der Waals surface area contributed by atoms with E-state index in [9.17, 15) is 0 Å². The molecule has 0 aromatic heterocycles. The van der Waals surface area contributed by atoms with E-state index in [4.69, 9.17) is 0 Å². The molecule has 0 aliphatic rings. The molecule has 0 bridgehead atoms. The Balaban J connectivity index is 1.85. The molecule has 1 heteroatoms. The van der Waals surface area contributed by atoms with Gasteiger partial charge in [0, 0.05) is 0 Å². The average Bonchev–Trinajstić information content (AvgIpc) is 3.09. The molecule has 0 aliphatic carbocycles. The van der Waals surface area contributed by atoms with Crippen LogP contribution in [-0.2, 0) is 27.0 Å². The van der Waals surface area contributed by atoms with Gasteiger partial charge < -0.3 is 0 Å². The number of hydrogen-bond donors (Lipinski definition) is 0. The number of hydrogen-bond acceptors (Lipinski definition) is 0. The fraction of sp³-hybridized carbons (Fsp3) is 0.250. The Hall–Kier alpha value is -4.15. The van der Waals surface area contributed by atoms with Crippen molar-refractivity contribution in [2.24, 2.45) is 0 Å². The molecule has 0 radical (unpaired) electrons. The summed E-state index contributed by atoms with van der Waals surface area (Å²) in [6.45, 7) is 20.9. The van der Waals surface area contributed by atoms with E-state index < -0.39 is 14.1 Å². The van der Waals surface area contributed by atoms with Crippen LogP contribution in [0.2, 0.25) is 0 Å². The summed E-state index contributed by atoms with van der Waals surface area (Å²) in [5.74, 6) is 0. The van der Waals surface area contributed by atoms with Crippen LogP contribution < -0.4 is 0 Å². The molecule has 0 heterocycles. The predicted octanol–water partition coefficient (Wildman–Crippen LogP) is 12.3. The molecule has 0 nitrogen and oxygen atoms in total. The monoisotopic (exact) mass is 679 g/mol. The summed E-state index contributed by atoms with van der Waals surface area (Å²) in [5, 5.41) is 0. The van der Waals surface area contributed by atoms with Gasteiger partial charge >= 0.3 is 302 Å². The zero-order valence-corrected chi connectivity index (χ0v) is 32.0. The summed E-state index contributed by atoms with van der Waals surface area (Å²) in [5.41, 5.74) is 16.0. The van der Waals surface area contributed by atoms with Crippen molar-refractivity contribution >= 4 is 0 Å². The number of benzene rings is 6. The zero-order valence-electron chi connectivity index (χ0n) is 30.8. The maximum atomic E-state index is 2.58. The molecule has 0 fully saturated rings. The normalized spacial score (nSPS) is 12.4. The quantitative estimate of drug-likeness (QED) is 0.143. The number of aryl methyl sites for hydroxylation is 6. The third kappa shape index (κ3) is 6.37. The van der Waals surface area contributed by atoms with Gasteiger partial charge in [-0.15, -0.1) is 0 Å². The molecule has 6 aromatic carbocycles. The SMILES string of the molecule is Cc1ccc([C](C)(c2ccc(C)cc2)[Cr]([C](C)(c2ccc(C)cc2)c2ccc(C)cc2)[C](C)(c2ccc(C)cc2)c2ccc(C)cc2)cc1. The first-order valence-corrected chi connectivity index (χ1v) is 19.5. The fourth-order valence-electron chi connectivity index (χ4n) is 7.66. The molecule has 0 aliphatic heterocycles. The van der Waals surface area contributed by atoms with Crippen molar-refractivity contribution in [1.82, 2.24) is 0 Å². The van der Waals surface area contributed by atoms with Crippen molar-refractivity contribution in [3.8, 4) is 0 Å². The van der Waals surface area contributed by atoms with Gasteiger partial charge in [0.25, 0.3) is 0 Å². The van der Waals surface area contributed by atoms with Crippen LogP contribution in [0.3, 0.4) is 0 Å². The first kappa shape index (κ1) is 34.7. The van der Waals surface area contributed by atoms with Gasteiger partial charge in [0.15, 0.2) is 0 Å². The molecule has 0 saturated heterocycles. The first-order valence-electron chi connectivity index (χ1n) is 17.5. The molecule has 249 valence electrons. The molecule has 0 spiro atoms. The Morgan fingerprint density at radius 3 is 0.490 bits per heavy atom. The van der Waals surface area contributed by atoms with Crippen LogP contribution in [0.1, 0.15) is 87.5 Å². The Kier molecular flexibility index (Phi) is 9.66. The molecule has 6 aromatic rings. The van der Waals surface area contributed by atoms with E-state index in [2.05, 4.69) is 208 Å². The van der Waals surface area contributed by atoms with Gasteiger partial charge in [-0.3, -0.25) is 0 Å². The van der Waals surface area contributed by atoms with Crippen LogP contribution in [0.25, 0.3) is 0 Å². The van der Waals surface area contributed by atoms with Crippen molar-refractivity contribution in [2.45, 2.75) is 75.1 Å². The maximum absolute atomic E-state index is 2.58. The summed E-state index contributed by atoms with van der Waals surface area (Å²) >= 11 is -2.14. The van der Waals surface area contributed by atoms with Crippen LogP contribution in [-0.4, -0.2) is 0 Å². The van der Waals surface area contributed by atoms with Crippen molar-refractivity contribution < 1.29 is 14.1 Å². The van der Waals surface area contributed by atoms with E-state index in [0.717, 1.165) is 0 Å². The van der Waals surface area contributed by atoms with E-state index in [1.165, 1.54) is 66.8 Å². The van der Waals surface area contributed by atoms with Crippen LogP contribution in [0, 0.1) is 41.5 Å². The second kappa shape index (κ2) is 13.6. The van der Waals surface area contributed by atoms with Crippen LogP contribution in [0.15, 0.2) is 146 Å². The summed E-state index contributed by atoms with van der Waals surface area (Å²) in [7, 11) is 0. The summed E-state index contributed by atoms with van der Waals surface area (Å²) in [6.07, 6.45) is 0. The zero-order chi connectivity index (χ0) is 35.0. The summed E-state index contributed by atoms with van der Waals surface area (Å²) in [6, 6.07) is 56.8. The van der Waals surface area contributed by atoms with E-state index >= 15 is 0 Å². The molecule has 0 atom stereocenters. The Morgan fingerprint density at radius 1 is 0.245 bits per heavy atom. The van der Waals surface area contributed by atoms with E-state index in [1.54, 1.807) is 0 Å². The predicted molar refractivity (Wildman–Crippen MR) is 206 cm³/mol. The third-order valence-electron chi connectivity index (χ3n) is 10.8. The third-order valence-corrected chi connectivity index (χ3v) is 16.9. The standard InChI is InChI=1S/3C16H17.Cr/c3*1-12-4-8-15(9-5-12)14(3)16-10-6-13(2)7-11-16;/h3*4-11H,1-3H3;. The number of rotatable bonds is 9. The van der Waals surface area contributed by atoms with Gasteiger partial charge in [0.2, 0.25) is 0 Å². The second-order valence-corrected chi connectivity index (χ2v) is 19.4. The average molecular weight is 680 g/mol. The van der Waals surface area contributed by atoms with Gasteiger partial charge in [-0.05, 0) is 0 Å². The van der Waals surface area contributed by atoms with E-state index in [0.29, 0.717) is 0 Å². The van der Waals surface area contributed by atoms with Crippen molar-refractivity contribution in [3.05, 3.63) is 212 Å². The molecule has 0 unspecified atom stereocenters. The van der Waals surface area contributed by atoms with Gasteiger partial charge in [0.05, 0.1) is 0 Å². The minimum absolute atomic E-state index is 0.323. The van der Waals surface area contributed by atoms with E-state index in [-0.39, 0.29) is 12.8 Å². The van der Waals surface area contributed by atoms with Crippen LogP contribution in [0.5, 0.6) is 0 Å². The van der Waals surface area contributed by atoms with Crippen molar-refractivity contribution in [3.63, 3.8) is 0 Å². The van der Waals surface area contributed by atoms with E-state index in [1.807, 2.05) is 0 Å². The Bertz CT molecular complexity index is 1620. The molecular weight excluding hydrogens is 629 g/mol. The van der Waals surface area contributed by atoms with Gasteiger partial charge in [-0.2, -0.15) is 0 Å². The molecule has 0 amide bonds. The van der Waals surface area contributed by atoms with Gasteiger partial charge in [0.1, 0.15) is 0 Å².